The molecule has 0 fully saturated rings. The number of H-pyrrole nitrogens is 1. The summed E-state index contributed by atoms with van der Waals surface area (Å²) >= 11 is 4.77. The van der Waals surface area contributed by atoms with Crippen LogP contribution in [-0.4, -0.2) is 45.4 Å². The van der Waals surface area contributed by atoms with Gasteiger partial charge < -0.3 is 9.47 Å². The highest BCUT2D eigenvalue weighted by Crippen LogP contribution is 1.91. The van der Waals surface area contributed by atoms with Crippen LogP contribution in [-0.2, 0) is 25.6 Å². The van der Waals surface area contributed by atoms with E-state index < -0.39 is 18.5 Å². The molecule has 0 bridgehead atoms. The maximum atomic E-state index is 11.3. The lowest BCUT2D eigenvalue weighted by atomic mass is 10.4. The van der Waals surface area contributed by atoms with E-state index in [1.807, 2.05) is 6.92 Å². The van der Waals surface area contributed by atoms with Crippen molar-refractivity contribution < 1.29 is 19.1 Å². The second-order valence-electron chi connectivity index (χ2n) is 3.40. The molecule has 0 saturated carbocycles. The molecule has 1 aromatic rings. The van der Waals surface area contributed by atoms with E-state index in [0.29, 0.717) is 6.61 Å². The van der Waals surface area contributed by atoms with Crippen molar-refractivity contribution >= 4 is 24.2 Å². The Labute approximate surface area is 108 Å². The number of carbonyl (C=O) groups is 2. The maximum absolute atomic E-state index is 11.3. The topological polar surface area (TPSA) is 99.1 Å². The molecule has 1 heterocycles. The Bertz CT molecular complexity index is 455. The Morgan fingerprint density at radius 2 is 2.17 bits per heavy atom. The van der Waals surface area contributed by atoms with Gasteiger partial charge in [0.05, 0.1) is 6.61 Å². The summed E-state index contributed by atoms with van der Waals surface area (Å²) in [6.45, 7) is 1.74. The van der Waals surface area contributed by atoms with Crippen molar-refractivity contribution in [3.05, 3.63) is 4.77 Å². The summed E-state index contributed by atoms with van der Waals surface area (Å²) in [4.78, 5) is 22.5. The lowest BCUT2D eigenvalue weighted by Gasteiger charge is -2.05. The van der Waals surface area contributed by atoms with Gasteiger partial charge in [0, 0.05) is 0 Å². The number of rotatable bonds is 7. The Kier molecular flexibility index (Phi) is 5.98. The van der Waals surface area contributed by atoms with Crippen LogP contribution in [0.5, 0.6) is 0 Å². The SMILES string of the molecule is CCCCOC(=O)COC(=O)Cn1[nH]nnc1=S. The average molecular weight is 274 g/mol. The van der Waals surface area contributed by atoms with Crippen LogP contribution in [0, 0.1) is 4.77 Å². The molecule has 9 heteroatoms. The number of ether oxygens (including phenoxy) is 2. The minimum atomic E-state index is -0.621. The summed E-state index contributed by atoms with van der Waals surface area (Å²) < 4.78 is 10.9. The second-order valence-corrected chi connectivity index (χ2v) is 3.77. The fraction of sp³-hybridized carbons (Fsp3) is 0.667. The first-order valence-electron chi connectivity index (χ1n) is 5.42. The fourth-order valence-electron chi connectivity index (χ4n) is 1.01. The molecule has 18 heavy (non-hydrogen) atoms. The van der Waals surface area contributed by atoms with E-state index in [1.165, 1.54) is 4.68 Å². The van der Waals surface area contributed by atoms with Crippen molar-refractivity contribution in [2.24, 2.45) is 0 Å². The molecule has 0 aliphatic carbocycles. The Balaban J connectivity index is 2.23. The first-order chi connectivity index (χ1) is 8.63. The molecule has 0 radical (unpaired) electrons. The quantitative estimate of drug-likeness (QED) is 0.431. The predicted octanol–water partition coefficient (Wildman–Crippen LogP) is 0.222. The van der Waals surface area contributed by atoms with Gasteiger partial charge in [-0.25, -0.2) is 9.48 Å². The van der Waals surface area contributed by atoms with Gasteiger partial charge in [-0.1, -0.05) is 23.7 Å². The third-order valence-electron chi connectivity index (χ3n) is 1.93. The number of nitrogens with zero attached hydrogens (tertiary/aromatic N) is 3. The lowest BCUT2D eigenvalue weighted by molar-refractivity contribution is -0.159. The molecule has 0 unspecified atom stereocenters. The fourth-order valence-corrected chi connectivity index (χ4v) is 1.15. The molecule has 0 spiro atoms. The smallest absolute Gasteiger partial charge is 0.344 e. The molecule has 100 valence electrons. The molecule has 1 aromatic heterocycles. The molecule has 0 aliphatic heterocycles. The first-order valence-corrected chi connectivity index (χ1v) is 5.83. The highest BCUT2D eigenvalue weighted by Gasteiger charge is 2.10. The van der Waals surface area contributed by atoms with E-state index in [4.69, 9.17) is 21.7 Å². The summed E-state index contributed by atoms with van der Waals surface area (Å²) in [6, 6.07) is 0. The zero-order chi connectivity index (χ0) is 13.4. The monoisotopic (exact) mass is 274 g/mol. The van der Waals surface area contributed by atoms with Gasteiger partial charge in [0.25, 0.3) is 0 Å². The van der Waals surface area contributed by atoms with Crippen LogP contribution in [0.1, 0.15) is 19.8 Å². The van der Waals surface area contributed by atoms with Crippen molar-refractivity contribution in [3.8, 4) is 0 Å². The van der Waals surface area contributed by atoms with Crippen LogP contribution in [0.25, 0.3) is 0 Å². The standard InChI is InChI=1S/C9H14N4O4S/c1-2-3-4-16-8(15)6-17-7(14)5-13-9(18)10-11-12-13/h2-6H2,1H3,(H,10,12,18). The van der Waals surface area contributed by atoms with E-state index in [9.17, 15) is 9.59 Å². The lowest BCUT2D eigenvalue weighted by Crippen LogP contribution is -2.20. The van der Waals surface area contributed by atoms with Crippen molar-refractivity contribution in [2.45, 2.75) is 26.3 Å². The van der Waals surface area contributed by atoms with Gasteiger partial charge in [-0.05, 0) is 18.6 Å². The van der Waals surface area contributed by atoms with Gasteiger partial charge in [-0.2, -0.15) is 5.21 Å². The summed E-state index contributed by atoms with van der Waals surface area (Å²) in [5, 5.41) is 9.29. The Morgan fingerprint density at radius 1 is 1.39 bits per heavy atom. The predicted molar refractivity (Wildman–Crippen MR) is 62.0 cm³/mol. The minimum absolute atomic E-state index is 0.137. The van der Waals surface area contributed by atoms with Gasteiger partial charge >= 0.3 is 11.9 Å². The van der Waals surface area contributed by atoms with Gasteiger partial charge in [-0.3, -0.25) is 4.79 Å². The molecule has 0 aromatic carbocycles. The second kappa shape index (κ2) is 7.54. The van der Waals surface area contributed by atoms with E-state index >= 15 is 0 Å². The van der Waals surface area contributed by atoms with E-state index in [2.05, 4.69) is 15.5 Å². The van der Waals surface area contributed by atoms with Gasteiger partial charge in [0.2, 0.25) is 4.77 Å². The van der Waals surface area contributed by atoms with Crippen molar-refractivity contribution in [1.82, 2.24) is 20.2 Å². The van der Waals surface area contributed by atoms with Gasteiger partial charge in [-0.15, -0.1) is 0 Å². The van der Waals surface area contributed by atoms with Crippen LogP contribution in [0.4, 0.5) is 0 Å². The number of aromatic amines is 1. The summed E-state index contributed by atoms with van der Waals surface area (Å²) in [5.74, 6) is -1.19. The average Bonchev–Trinajstić information content (AvgIpc) is 2.73. The molecule has 0 atom stereocenters. The largest absolute Gasteiger partial charge is 0.463 e. The minimum Gasteiger partial charge on any atom is -0.463 e. The van der Waals surface area contributed by atoms with Crippen LogP contribution < -0.4 is 0 Å². The first kappa shape index (κ1) is 14.3. The van der Waals surface area contributed by atoms with E-state index in [0.717, 1.165) is 12.8 Å². The van der Waals surface area contributed by atoms with Crippen LogP contribution in [0.3, 0.4) is 0 Å². The molecule has 1 rings (SSSR count). The van der Waals surface area contributed by atoms with Crippen LogP contribution in [0.15, 0.2) is 0 Å². The normalized spacial score (nSPS) is 10.1. The van der Waals surface area contributed by atoms with Crippen molar-refractivity contribution in [2.75, 3.05) is 13.2 Å². The maximum Gasteiger partial charge on any atom is 0.344 e. The van der Waals surface area contributed by atoms with Crippen molar-refractivity contribution in [3.63, 3.8) is 0 Å². The van der Waals surface area contributed by atoms with Crippen LogP contribution >= 0.6 is 12.2 Å². The van der Waals surface area contributed by atoms with Gasteiger partial charge in [0.1, 0.15) is 6.54 Å². The molecule has 8 nitrogen and oxygen atoms in total. The highest BCUT2D eigenvalue weighted by molar-refractivity contribution is 7.71. The molecular formula is C9H14N4O4S. The number of unbranched alkanes of at least 4 members (excludes halogenated alkanes) is 1. The molecule has 0 saturated heterocycles. The van der Waals surface area contributed by atoms with E-state index in [-0.39, 0.29) is 11.3 Å². The van der Waals surface area contributed by atoms with Crippen LogP contribution in [0.2, 0.25) is 0 Å². The molecule has 0 aliphatic rings. The summed E-state index contributed by atoms with van der Waals surface area (Å²) in [7, 11) is 0. The van der Waals surface area contributed by atoms with Gasteiger partial charge in [0.15, 0.2) is 6.61 Å². The number of esters is 2. The number of nitrogens with one attached hydrogen (secondary N) is 1. The van der Waals surface area contributed by atoms with Crippen molar-refractivity contribution in [1.29, 1.82) is 0 Å². The number of carbonyl (C=O) groups excluding carboxylic acids is 2. The molecule has 0 amide bonds. The molecule has 1 N–H and O–H groups in total. The zero-order valence-electron chi connectivity index (χ0n) is 9.92. The number of aromatic nitrogens is 4. The third-order valence-corrected chi connectivity index (χ3v) is 2.23. The third kappa shape index (κ3) is 5.04. The Morgan fingerprint density at radius 3 is 2.78 bits per heavy atom. The number of hydrogen-bond donors (Lipinski definition) is 1. The Hall–Kier alpha value is -1.77. The number of hydrogen-bond acceptors (Lipinski definition) is 7. The summed E-state index contributed by atoms with van der Waals surface area (Å²) in [5.41, 5.74) is 0. The number of tetrazole rings is 1. The highest BCUT2D eigenvalue weighted by atomic mass is 32.1. The van der Waals surface area contributed by atoms with E-state index in [1.54, 1.807) is 0 Å². The molecular weight excluding hydrogens is 260 g/mol. The summed E-state index contributed by atoms with van der Waals surface area (Å²) in [6.07, 6.45) is 1.72. The zero-order valence-corrected chi connectivity index (χ0v) is 10.7.